The summed E-state index contributed by atoms with van der Waals surface area (Å²) in [6, 6.07) is 7.48. The number of rotatable bonds is 6. The first kappa shape index (κ1) is 15.5. The zero-order valence-electron chi connectivity index (χ0n) is 12.9. The van der Waals surface area contributed by atoms with Crippen molar-refractivity contribution in [2.75, 3.05) is 25.0 Å². The van der Waals surface area contributed by atoms with Crippen molar-refractivity contribution >= 4 is 11.6 Å². The highest BCUT2D eigenvalue weighted by atomic mass is 16.5. The lowest BCUT2D eigenvalue weighted by Gasteiger charge is -2.21. The Hall–Kier alpha value is -2.41. The number of nitrogens with zero attached hydrogens (tertiary/aromatic N) is 3. The Bertz CT molecular complexity index is 623. The van der Waals surface area contributed by atoms with Crippen LogP contribution in [0.1, 0.15) is 12.8 Å². The number of benzene rings is 1. The first-order valence-corrected chi connectivity index (χ1v) is 7.88. The average molecular weight is 315 g/mol. The maximum atomic E-state index is 12.3. The van der Waals surface area contributed by atoms with E-state index in [0.29, 0.717) is 13.2 Å². The van der Waals surface area contributed by atoms with Gasteiger partial charge < -0.3 is 15.4 Å². The van der Waals surface area contributed by atoms with Crippen LogP contribution in [0.3, 0.4) is 0 Å². The first-order chi connectivity index (χ1) is 11.3. The summed E-state index contributed by atoms with van der Waals surface area (Å²) < 4.78 is 7.41. The van der Waals surface area contributed by atoms with E-state index in [9.17, 15) is 4.79 Å². The lowest BCUT2D eigenvalue weighted by atomic mass is 9.97. The number of hydrogen-bond donors (Lipinski definition) is 2. The quantitative estimate of drug-likeness (QED) is 0.839. The molecule has 0 atom stereocenters. The molecule has 2 N–H and O–H groups in total. The third kappa shape index (κ3) is 4.53. The number of carbonyl (C=O) groups is 1. The molecule has 122 valence electrons. The Balaban J connectivity index is 1.51. The van der Waals surface area contributed by atoms with Crippen LogP contribution in [0.4, 0.5) is 5.69 Å². The van der Waals surface area contributed by atoms with Crippen molar-refractivity contribution in [3.05, 3.63) is 36.9 Å². The summed E-state index contributed by atoms with van der Waals surface area (Å²) in [6.45, 7) is 2.94. The second-order valence-corrected chi connectivity index (χ2v) is 5.55. The number of aromatic nitrogens is 3. The summed E-state index contributed by atoms with van der Waals surface area (Å²) in [5.74, 6) is 0.910. The minimum atomic E-state index is 0.0891. The predicted octanol–water partition coefficient (Wildman–Crippen LogP) is 1.30. The van der Waals surface area contributed by atoms with Gasteiger partial charge in [-0.1, -0.05) is 6.07 Å². The molecule has 7 nitrogen and oxygen atoms in total. The fraction of sp³-hybridized carbons (Fsp3) is 0.438. The number of amides is 1. The van der Waals surface area contributed by atoms with Crippen LogP contribution in [-0.4, -0.2) is 40.4 Å². The normalized spacial score (nSPS) is 15.3. The van der Waals surface area contributed by atoms with Gasteiger partial charge in [0.15, 0.2) is 0 Å². The van der Waals surface area contributed by atoms with E-state index in [2.05, 4.69) is 20.7 Å². The van der Waals surface area contributed by atoms with Crippen molar-refractivity contribution < 1.29 is 9.53 Å². The summed E-state index contributed by atoms with van der Waals surface area (Å²) in [6.07, 6.45) is 4.93. The van der Waals surface area contributed by atoms with Crippen LogP contribution < -0.4 is 15.4 Å². The molecule has 1 aliphatic rings. The van der Waals surface area contributed by atoms with E-state index in [1.165, 1.54) is 6.33 Å². The molecular weight excluding hydrogens is 294 g/mol. The van der Waals surface area contributed by atoms with Gasteiger partial charge in [-0.2, -0.15) is 5.10 Å². The smallest absolute Gasteiger partial charge is 0.227 e. The monoisotopic (exact) mass is 315 g/mol. The molecule has 0 unspecified atom stereocenters. The molecule has 7 heteroatoms. The molecule has 1 saturated heterocycles. The van der Waals surface area contributed by atoms with Gasteiger partial charge in [-0.25, -0.2) is 9.67 Å². The van der Waals surface area contributed by atoms with Crippen LogP contribution >= 0.6 is 0 Å². The lowest BCUT2D eigenvalue weighted by molar-refractivity contribution is -0.120. The van der Waals surface area contributed by atoms with E-state index in [0.717, 1.165) is 37.4 Å². The molecule has 1 aliphatic heterocycles. The highest BCUT2D eigenvalue weighted by Gasteiger charge is 2.20. The lowest BCUT2D eigenvalue weighted by Crippen LogP contribution is -2.34. The van der Waals surface area contributed by atoms with Crippen molar-refractivity contribution in [1.29, 1.82) is 0 Å². The number of ether oxygens (including phenoxy) is 1. The molecule has 0 bridgehead atoms. The van der Waals surface area contributed by atoms with Gasteiger partial charge in [-0.15, -0.1) is 0 Å². The Morgan fingerprint density at radius 2 is 2.26 bits per heavy atom. The van der Waals surface area contributed by atoms with E-state index in [1.54, 1.807) is 11.0 Å². The van der Waals surface area contributed by atoms with E-state index in [4.69, 9.17) is 4.74 Å². The highest BCUT2D eigenvalue weighted by molar-refractivity contribution is 5.92. The van der Waals surface area contributed by atoms with E-state index in [1.807, 2.05) is 24.3 Å². The molecule has 23 heavy (non-hydrogen) atoms. The van der Waals surface area contributed by atoms with Crippen molar-refractivity contribution in [3.63, 3.8) is 0 Å². The number of piperidine rings is 1. The second kappa shape index (κ2) is 7.73. The fourth-order valence-electron chi connectivity index (χ4n) is 2.60. The Labute approximate surface area is 135 Å². The van der Waals surface area contributed by atoms with Gasteiger partial charge in [0.25, 0.3) is 0 Å². The molecule has 1 amide bonds. The Morgan fingerprint density at radius 3 is 3.04 bits per heavy atom. The standard InChI is InChI=1S/C16H21N5O2/c22-16(13-4-6-17-7-5-13)20-14-2-1-3-15(10-14)23-9-8-21-12-18-11-19-21/h1-3,10-13,17H,4-9H2,(H,20,22). The van der Waals surface area contributed by atoms with Crippen molar-refractivity contribution in [2.45, 2.75) is 19.4 Å². The molecular formula is C16H21N5O2. The van der Waals surface area contributed by atoms with Crippen LogP contribution in [-0.2, 0) is 11.3 Å². The van der Waals surface area contributed by atoms with Gasteiger partial charge in [0.1, 0.15) is 25.0 Å². The minimum absolute atomic E-state index is 0.0891. The largest absolute Gasteiger partial charge is 0.492 e. The van der Waals surface area contributed by atoms with Crippen LogP contribution in [0.15, 0.2) is 36.9 Å². The fourth-order valence-corrected chi connectivity index (χ4v) is 2.60. The molecule has 0 spiro atoms. The number of hydrogen-bond acceptors (Lipinski definition) is 5. The maximum absolute atomic E-state index is 12.3. The summed E-state index contributed by atoms with van der Waals surface area (Å²) >= 11 is 0. The number of carbonyl (C=O) groups excluding carboxylic acids is 1. The summed E-state index contributed by atoms with van der Waals surface area (Å²) in [5, 5.41) is 10.3. The zero-order chi connectivity index (χ0) is 15.9. The molecule has 1 aromatic heterocycles. The van der Waals surface area contributed by atoms with E-state index >= 15 is 0 Å². The third-order valence-corrected chi connectivity index (χ3v) is 3.87. The number of anilines is 1. The minimum Gasteiger partial charge on any atom is -0.492 e. The molecule has 2 aromatic rings. The summed E-state index contributed by atoms with van der Waals surface area (Å²) in [4.78, 5) is 16.1. The SMILES string of the molecule is O=C(Nc1cccc(OCCn2cncn2)c1)C1CCNCC1. The van der Waals surface area contributed by atoms with Crippen LogP contribution in [0.25, 0.3) is 0 Å². The molecule has 2 heterocycles. The van der Waals surface area contributed by atoms with Gasteiger partial charge in [0, 0.05) is 17.7 Å². The van der Waals surface area contributed by atoms with Gasteiger partial charge in [-0.3, -0.25) is 4.79 Å². The molecule has 1 fully saturated rings. The van der Waals surface area contributed by atoms with Gasteiger partial charge in [-0.05, 0) is 38.1 Å². The maximum Gasteiger partial charge on any atom is 0.227 e. The Kier molecular flexibility index (Phi) is 5.21. The zero-order valence-corrected chi connectivity index (χ0v) is 12.9. The van der Waals surface area contributed by atoms with Gasteiger partial charge in [0.2, 0.25) is 5.91 Å². The second-order valence-electron chi connectivity index (χ2n) is 5.55. The van der Waals surface area contributed by atoms with Crippen LogP contribution in [0.5, 0.6) is 5.75 Å². The molecule has 0 radical (unpaired) electrons. The topological polar surface area (TPSA) is 81.1 Å². The number of nitrogens with one attached hydrogen (secondary N) is 2. The molecule has 1 aromatic carbocycles. The molecule has 0 aliphatic carbocycles. The van der Waals surface area contributed by atoms with Gasteiger partial charge in [0.05, 0.1) is 6.54 Å². The molecule has 0 saturated carbocycles. The summed E-state index contributed by atoms with van der Waals surface area (Å²) in [5.41, 5.74) is 0.770. The third-order valence-electron chi connectivity index (χ3n) is 3.87. The van der Waals surface area contributed by atoms with Gasteiger partial charge >= 0.3 is 0 Å². The molecule has 3 rings (SSSR count). The van der Waals surface area contributed by atoms with Crippen molar-refractivity contribution in [1.82, 2.24) is 20.1 Å². The van der Waals surface area contributed by atoms with E-state index in [-0.39, 0.29) is 11.8 Å². The van der Waals surface area contributed by atoms with Crippen LogP contribution in [0, 0.1) is 5.92 Å². The summed E-state index contributed by atoms with van der Waals surface area (Å²) in [7, 11) is 0. The van der Waals surface area contributed by atoms with Crippen LogP contribution in [0.2, 0.25) is 0 Å². The van der Waals surface area contributed by atoms with E-state index < -0.39 is 0 Å². The van der Waals surface area contributed by atoms with Crippen molar-refractivity contribution in [3.8, 4) is 5.75 Å². The predicted molar refractivity (Wildman–Crippen MR) is 86.2 cm³/mol. The first-order valence-electron chi connectivity index (χ1n) is 7.88. The van der Waals surface area contributed by atoms with Crippen molar-refractivity contribution in [2.24, 2.45) is 5.92 Å². The Morgan fingerprint density at radius 1 is 1.39 bits per heavy atom. The highest BCUT2D eigenvalue weighted by Crippen LogP contribution is 2.20. The average Bonchev–Trinajstić information content (AvgIpc) is 3.09.